The summed E-state index contributed by atoms with van der Waals surface area (Å²) in [6.07, 6.45) is 3.86. The lowest BCUT2D eigenvalue weighted by atomic mass is 9.99. The molecule has 146 valence electrons. The maximum Gasteiger partial charge on any atom is 0.255 e. The number of rotatable bonds is 4. The van der Waals surface area contributed by atoms with Crippen molar-refractivity contribution in [3.05, 3.63) is 100 Å². The van der Waals surface area contributed by atoms with E-state index in [1.165, 1.54) is 29.1 Å². The van der Waals surface area contributed by atoms with E-state index in [0.29, 0.717) is 30.8 Å². The van der Waals surface area contributed by atoms with Gasteiger partial charge in [0.2, 0.25) is 0 Å². The highest BCUT2D eigenvalue weighted by Gasteiger charge is 2.22. The summed E-state index contributed by atoms with van der Waals surface area (Å²) in [5.41, 5.74) is 5.49. The lowest BCUT2D eigenvalue weighted by Crippen LogP contribution is -2.36. The number of hydrogen-bond donors (Lipinski definition) is 1. The maximum atomic E-state index is 12.9. The van der Waals surface area contributed by atoms with E-state index >= 15 is 0 Å². The number of aromatic nitrogens is 1. The smallest absolute Gasteiger partial charge is 0.255 e. The summed E-state index contributed by atoms with van der Waals surface area (Å²) >= 11 is 0. The second kappa shape index (κ2) is 8.27. The van der Waals surface area contributed by atoms with E-state index in [1.54, 1.807) is 6.07 Å². The van der Waals surface area contributed by atoms with Crippen LogP contribution < -0.4 is 5.32 Å². The molecule has 0 radical (unpaired) electrons. The minimum absolute atomic E-state index is 0.0970. The molecule has 2 amide bonds. The third-order valence-corrected chi connectivity index (χ3v) is 5.24. The van der Waals surface area contributed by atoms with Crippen molar-refractivity contribution in [2.24, 2.45) is 0 Å². The van der Waals surface area contributed by atoms with Crippen molar-refractivity contribution in [2.45, 2.75) is 26.4 Å². The zero-order chi connectivity index (χ0) is 20.2. The third kappa shape index (κ3) is 4.35. The molecule has 0 atom stereocenters. The van der Waals surface area contributed by atoms with Crippen LogP contribution in [0.4, 0.5) is 0 Å². The molecule has 4 rings (SSSR count). The number of nitrogens with zero attached hydrogens (tertiary/aromatic N) is 2. The quantitative estimate of drug-likeness (QED) is 0.747. The summed E-state index contributed by atoms with van der Waals surface area (Å²) < 4.78 is 0. The first kappa shape index (κ1) is 18.9. The zero-order valence-corrected chi connectivity index (χ0v) is 16.4. The molecule has 0 aliphatic carbocycles. The van der Waals surface area contributed by atoms with Crippen molar-refractivity contribution >= 4 is 11.8 Å². The number of hydrogen-bond acceptors (Lipinski definition) is 3. The summed E-state index contributed by atoms with van der Waals surface area (Å²) in [6, 6.07) is 17.8. The fourth-order valence-corrected chi connectivity index (χ4v) is 3.52. The Hall–Kier alpha value is -3.47. The largest absolute Gasteiger partial charge is 0.348 e. The van der Waals surface area contributed by atoms with Crippen LogP contribution in [0.3, 0.4) is 0 Å². The topological polar surface area (TPSA) is 62.3 Å². The lowest BCUT2D eigenvalue weighted by molar-refractivity contribution is 0.0734. The molecular formula is C24H23N3O2. The first-order chi connectivity index (χ1) is 14.1. The number of fused-ring (bicyclic) bond motifs is 1. The summed E-state index contributed by atoms with van der Waals surface area (Å²) in [5.74, 6) is -0.336. The van der Waals surface area contributed by atoms with Gasteiger partial charge in [0.1, 0.15) is 0 Å². The highest BCUT2D eigenvalue weighted by atomic mass is 16.2. The summed E-state index contributed by atoms with van der Waals surface area (Å²) in [6.45, 7) is 3.70. The molecule has 0 saturated heterocycles. The molecule has 3 aromatic rings. The van der Waals surface area contributed by atoms with Crippen molar-refractivity contribution in [2.75, 3.05) is 6.54 Å². The van der Waals surface area contributed by atoms with Crippen LogP contribution in [0.25, 0.3) is 0 Å². The molecule has 2 heterocycles. The van der Waals surface area contributed by atoms with Gasteiger partial charge in [-0.2, -0.15) is 0 Å². The Morgan fingerprint density at radius 1 is 1.00 bits per heavy atom. The monoisotopic (exact) mass is 385 g/mol. The van der Waals surface area contributed by atoms with Crippen LogP contribution in [-0.4, -0.2) is 28.2 Å². The lowest BCUT2D eigenvalue weighted by Gasteiger charge is -2.28. The van der Waals surface area contributed by atoms with Gasteiger partial charge in [-0.3, -0.25) is 14.6 Å². The average molecular weight is 385 g/mol. The predicted molar refractivity (Wildman–Crippen MR) is 111 cm³/mol. The third-order valence-electron chi connectivity index (χ3n) is 5.24. The minimum atomic E-state index is -0.239. The van der Waals surface area contributed by atoms with Gasteiger partial charge in [0.15, 0.2) is 0 Å². The van der Waals surface area contributed by atoms with Gasteiger partial charge in [0.25, 0.3) is 11.8 Å². The van der Waals surface area contributed by atoms with E-state index in [0.717, 1.165) is 12.0 Å². The van der Waals surface area contributed by atoms with E-state index in [1.807, 2.05) is 48.2 Å². The molecule has 0 spiro atoms. The van der Waals surface area contributed by atoms with Crippen molar-refractivity contribution in [3.8, 4) is 0 Å². The van der Waals surface area contributed by atoms with E-state index in [4.69, 9.17) is 0 Å². The van der Waals surface area contributed by atoms with Crippen molar-refractivity contribution in [1.82, 2.24) is 15.2 Å². The van der Waals surface area contributed by atoms with Gasteiger partial charge >= 0.3 is 0 Å². The van der Waals surface area contributed by atoms with Crippen LogP contribution in [0.1, 0.15) is 43.0 Å². The number of benzene rings is 2. The molecule has 0 saturated carbocycles. The maximum absolute atomic E-state index is 12.9. The molecule has 0 bridgehead atoms. The number of aryl methyl sites for hydroxylation is 1. The number of amides is 2. The second-order valence-electron chi connectivity index (χ2n) is 7.38. The fraction of sp³-hybridized carbons (Fsp3) is 0.208. The first-order valence-corrected chi connectivity index (χ1v) is 9.75. The molecular weight excluding hydrogens is 362 g/mol. The van der Waals surface area contributed by atoms with Crippen LogP contribution in [0.15, 0.2) is 67.0 Å². The zero-order valence-electron chi connectivity index (χ0n) is 16.4. The molecule has 5 heteroatoms. The number of carbonyl (C=O) groups is 2. The first-order valence-electron chi connectivity index (χ1n) is 9.75. The van der Waals surface area contributed by atoms with Crippen molar-refractivity contribution in [3.63, 3.8) is 0 Å². The SMILES string of the molecule is Cc1ccc(CNC(=O)c2cncc(C(=O)N3CCc4ccccc4C3)c2)cc1. The number of nitrogens with one attached hydrogen (secondary N) is 1. The van der Waals surface area contributed by atoms with Gasteiger partial charge in [-0.25, -0.2) is 0 Å². The number of pyridine rings is 1. The van der Waals surface area contributed by atoms with Crippen molar-refractivity contribution in [1.29, 1.82) is 0 Å². The van der Waals surface area contributed by atoms with Crippen LogP contribution in [0.2, 0.25) is 0 Å². The predicted octanol–water partition coefficient (Wildman–Crippen LogP) is 3.52. The summed E-state index contributed by atoms with van der Waals surface area (Å²) in [7, 11) is 0. The fourth-order valence-electron chi connectivity index (χ4n) is 3.52. The molecule has 1 N–H and O–H groups in total. The molecule has 29 heavy (non-hydrogen) atoms. The van der Waals surface area contributed by atoms with Crippen molar-refractivity contribution < 1.29 is 9.59 Å². The molecule has 1 aliphatic heterocycles. The van der Waals surface area contributed by atoms with E-state index in [2.05, 4.69) is 22.4 Å². The van der Waals surface area contributed by atoms with E-state index in [9.17, 15) is 9.59 Å². The Bertz CT molecular complexity index is 1040. The molecule has 2 aromatic carbocycles. The van der Waals surface area contributed by atoms with Gasteiger partial charge in [-0.05, 0) is 36.1 Å². The summed E-state index contributed by atoms with van der Waals surface area (Å²) in [4.78, 5) is 31.4. The minimum Gasteiger partial charge on any atom is -0.348 e. The van der Waals surface area contributed by atoms with Crippen LogP contribution in [0.5, 0.6) is 0 Å². The van der Waals surface area contributed by atoms with Crippen LogP contribution in [0, 0.1) is 6.92 Å². The Balaban J connectivity index is 1.43. The molecule has 1 aliphatic rings. The van der Waals surface area contributed by atoms with E-state index in [-0.39, 0.29) is 11.8 Å². The van der Waals surface area contributed by atoms with Gasteiger partial charge in [0.05, 0.1) is 11.1 Å². The normalized spacial score (nSPS) is 12.9. The average Bonchev–Trinajstić information content (AvgIpc) is 2.77. The Labute approximate surface area is 170 Å². The Kier molecular flexibility index (Phi) is 5.38. The highest BCUT2D eigenvalue weighted by molar-refractivity contribution is 5.99. The molecule has 5 nitrogen and oxygen atoms in total. The van der Waals surface area contributed by atoms with Crippen LogP contribution >= 0.6 is 0 Å². The van der Waals surface area contributed by atoms with Gasteiger partial charge < -0.3 is 10.2 Å². The Morgan fingerprint density at radius 3 is 2.52 bits per heavy atom. The van der Waals surface area contributed by atoms with E-state index < -0.39 is 0 Å². The Morgan fingerprint density at radius 2 is 1.72 bits per heavy atom. The van der Waals surface area contributed by atoms with Gasteiger partial charge in [0, 0.05) is 32.0 Å². The summed E-state index contributed by atoms with van der Waals surface area (Å²) in [5, 5.41) is 2.89. The molecule has 0 unspecified atom stereocenters. The van der Waals surface area contributed by atoms with Crippen LogP contribution in [-0.2, 0) is 19.5 Å². The standard InChI is InChI=1S/C24H23N3O2/c1-17-6-8-18(9-7-17)13-26-23(28)21-12-22(15-25-14-21)24(29)27-11-10-19-4-2-3-5-20(19)16-27/h2-9,12,14-15H,10-11,13,16H2,1H3,(H,26,28). The number of carbonyl (C=O) groups excluding carboxylic acids is 2. The molecule has 0 fully saturated rings. The highest BCUT2D eigenvalue weighted by Crippen LogP contribution is 2.20. The van der Waals surface area contributed by atoms with Gasteiger partial charge in [-0.1, -0.05) is 54.1 Å². The molecule has 1 aromatic heterocycles. The van der Waals surface area contributed by atoms with Gasteiger partial charge in [-0.15, -0.1) is 0 Å². The second-order valence-corrected chi connectivity index (χ2v) is 7.38.